The molecule has 0 radical (unpaired) electrons. The van der Waals surface area contributed by atoms with E-state index in [4.69, 9.17) is 10.5 Å². The van der Waals surface area contributed by atoms with Gasteiger partial charge in [0.25, 0.3) is 0 Å². The second-order valence-electron chi connectivity index (χ2n) is 7.18. The summed E-state index contributed by atoms with van der Waals surface area (Å²) in [6.07, 6.45) is -0.0640. The van der Waals surface area contributed by atoms with Gasteiger partial charge in [-0.25, -0.2) is 4.79 Å². The predicted molar refractivity (Wildman–Crippen MR) is 97.5 cm³/mol. The van der Waals surface area contributed by atoms with Gasteiger partial charge in [-0.2, -0.15) is 0 Å². The smallest absolute Gasteiger partial charge is 0.353 e. The number of carbonyl (C=O) groups excluding carboxylic acids is 1. The van der Waals surface area contributed by atoms with Crippen LogP contribution in [0.1, 0.15) is 27.2 Å². The molecule has 6 unspecified atom stereocenters. The molecule has 3 aliphatic heterocycles. The number of aliphatic hydroxyl groups is 1. The van der Waals surface area contributed by atoms with Crippen molar-refractivity contribution in [2.24, 2.45) is 22.6 Å². The Balaban J connectivity index is 1.74. The predicted octanol–water partition coefficient (Wildman–Crippen LogP) is 0.408. The first-order valence-corrected chi connectivity index (χ1v) is 9.63. The van der Waals surface area contributed by atoms with Gasteiger partial charge in [0.2, 0.25) is 5.91 Å². The highest BCUT2D eigenvalue weighted by Gasteiger charge is 2.60. The van der Waals surface area contributed by atoms with Crippen LogP contribution in [0.5, 0.6) is 0 Å². The highest BCUT2D eigenvalue weighted by Crippen LogP contribution is 2.52. The molecular formula is C17H25N3O5S. The third-order valence-electron chi connectivity index (χ3n) is 5.19. The zero-order valence-electron chi connectivity index (χ0n) is 15.1. The molecule has 0 saturated carbocycles. The fraction of sp³-hybridized carbons (Fsp3) is 0.706. The van der Waals surface area contributed by atoms with E-state index in [1.54, 1.807) is 13.8 Å². The van der Waals surface area contributed by atoms with E-state index in [2.05, 4.69) is 4.99 Å². The molecular weight excluding hydrogens is 358 g/mol. The number of ether oxygens (including phenoxy) is 1. The monoisotopic (exact) mass is 383 g/mol. The molecule has 4 N–H and O–H groups in total. The maximum absolute atomic E-state index is 12.3. The number of aliphatic imine (C=N–C) groups is 1. The summed E-state index contributed by atoms with van der Waals surface area (Å²) in [4.78, 5) is 30.4. The topological polar surface area (TPSA) is 125 Å². The summed E-state index contributed by atoms with van der Waals surface area (Å²) >= 11 is 1.48. The van der Waals surface area contributed by atoms with Crippen LogP contribution < -0.4 is 5.73 Å². The first-order valence-electron chi connectivity index (χ1n) is 8.75. The number of carboxylic acid groups (broad SMARTS) is 1. The van der Waals surface area contributed by atoms with Crippen molar-refractivity contribution in [3.63, 3.8) is 0 Å². The van der Waals surface area contributed by atoms with Crippen LogP contribution in [0.2, 0.25) is 0 Å². The molecule has 6 atom stereocenters. The number of carbonyl (C=O) groups is 2. The Morgan fingerprint density at radius 2 is 2.23 bits per heavy atom. The zero-order valence-corrected chi connectivity index (χ0v) is 15.9. The number of thioether (sulfide) groups is 1. The minimum Gasteiger partial charge on any atom is -0.477 e. The van der Waals surface area contributed by atoms with Gasteiger partial charge in [-0.1, -0.05) is 6.92 Å². The maximum Gasteiger partial charge on any atom is 0.353 e. The molecule has 9 heteroatoms. The molecule has 26 heavy (non-hydrogen) atoms. The van der Waals surface area contributed by atoms with Crippen LogP contribution in [-0.4, -0.2) is 69.5 Å². The van der Waals surface area contributed by atoms with E-state index in [0.717, 1.165) is 6.42 Å². The first-order chi connectivity index (χ1) is 12.2. The molecule has 0 bridgehead atoms. The molecule has 3 rings (SSSR count). The Labute approximate surface area is 156 Å². The standard InChI is InChI=1S/C17H25N3O5S/c1-7-13-12(8(2)21)16(22)20(13)14(17(23)24)15(7)26-11-4-10(25-6-11)5-19-9(3)18/h7-8,10-13,21H,4-6H2,1-3H3,(H2,18,19)(H,23,24). The quantitative estimate of drug-likeness (QED) is 0.344. The number of nitrogens with two attached hydrogens (primary N) is 1. The summed E-state index contributed by atoms with van der Waals surface area (Å²) in [5.74, 6) is -1.55. The number of amides is 1. The second-order valence-corrected chi connectivity index (χ2v) is 8.53. The van der Waals surface area contributed by atoms with Crippen LogP contribution in [0.4, 0.5) is 0 Å². The lowest BCUT2D eigenvalue weighted by Gasteiger charge is -2.46. The first kappa shape index (κ1) is 19.2. The van der Waals surface area contributed by atoms with E-state index < -0.39 is 18.0 Å². The molecule has 0 aromatic carbocycles. The van der Waals surface area contributed by atoms with Crippen molar-refractivity contribution in [2.75, 3.05) is 13.2 Å². The van der Waals surface area contributed by atoms with Crippen molar-refractivity contribution in [2.45, 2.75) is 50.7 Å². The highest BCUT2D eigenvalue weighted by atomic mass is 32.2. The molecule has 0 spiro atoms. The van der Waals surface area contributed by atoms with Crippen LogP contribution in [0, 0.1) is 11.8 Å². The van der Waals surface area contributed by atoms with Crippen molar-refractivity contribution < 1.29 is 24.5 Å². The fourth-order valence-corrected chi connectivity index (χ4v) is 5.45. The molecule has 144 valence electrons. The number of carboxylic acids is 1. The summed E-state index contributed by atoms with van der Waals surface area (Å²) in [5, 5.41) is 19.6. The van der Waals surface area contributed by atoms with E-state index in [1.165, 1.54) is 16.7 Å². The van der Waals surface area contributed by atoms with Crippen LogP contribution >= 0.6 is 11.8 Å². The molecule has 3 aliphatic rings. The third-order valence-corrected chi connectivity index (χ3v) is 6.67. The third kappa shape index (κ3) is 3.23. The average Bonchev–Trinajstić information content (AvgIpc) is 3.08. The number of nitrogens with zero attached hydrogens (tertiary/aromatic N) is 2. The lowest BCUT2D eigenvalue weighted by atomic mass is 9.79. The largest absolute Gasteiger partial charge is 0.477 e. The van der Waals surface area contributed by atoms with Crippen molar-refractivity contribution in [1.82, 2.24) is 4.90 Å². The number of β-lactam (4-membered cyclic amide) rings is 1. The van der Waals surface area contributed by atoms with Gasteiger partial charge in [-0.05, 0) is 20.3 Å². The van der Waals surface area contributed by atoms with Crippen molar-refractivity contribution in [3.8, 4) is 0 Å². The maximum atomic E-state index is 12.3. The summed E-state index contributed by atoms with van der Waals surface area (Å²) in [6.45, 7) is 6.24. The number of hydrogen-bond donors (Lipinski definition) is 3. The molecule has 0 aromatic heterocycles. The Bertz CT molecular complexity index is 673. The zero-order chi connectivity index (χ0) is 19.2. The fourth-order valence-electron chi connectivity index (χ4n) is 3.99. The van der Waals surface area contributed by atoms with Gasteiger partial charge in [-0.3, -0.25) is 9.79 Å². The van der Waals surface area contributed by atoms with Crippen molar-refractivity contribution >= 4 is 29.5 Å². The van der Waals surface area contributed by atoms with Gasteiger partial charge in [-0.15, -0.1) is 11.8 Å². The van der Waals surface area contributed by atoms with Gasteiger partial charge in [0.15, 0.2) is 0 Å². The minimum atomic E-state index is -1.10. The van der Waals surface area contributed by atoms with Crippen molar-refractivity contribution in [1.29, 1.82) is 0 Å². The molecule has 1 amide bonds. The van der Waals surface area contributed by atoms with Gasteiger partial charge in [0.1, 0.15) is 5.70 Å². The molecule has 3 heterocycles. The average molecular weight is 383 g/mol. The lowest BCUT2D eigenvalue weighted by molar-refractivity contribution is -0.163. The Morgan fingerprint density at radius 1 is 1.54 bits per heavy atom. The lowest BCUT2D eigenvalue weighted by Crippen LogP contribution is -2.63. The van der Waals surface area contributed by atoms with Crippen LogP contribution in [-0.2, 0) is 14.3 Å². The van der Waals surface area contributed by atoms with E-state index in [1.807, 2.05) is 6.92 Å². The van der Waals surface area contributed by atoms with E-state index in [-0.39, 0.29) is 34.9 Å². The Kier molecular flexibility index (Phi) is 5.32. The number of fused-ring (bicyclic) bond motifs is 1. The number of hydrogen-bond acceptors (Lipinski definition) is 6. The van der Waals surface area contributed by atoms with Gasteiger partial charge >= 0.3 is 5.97 Å². The van der Waals surface area contributed by atoms with E-state index in [9.17, 15) is 19.8 Å². The molecule has 8 nitrogen and oxygen atoms in total. The van der Waals surface area contributed by atoms with Gasteiger partial charge in [0.05, 0.1) is 43.2 Å². The molecule has 2 fully saturated rings. The van der Waals surface area contributed by atoms with Crippen molar-refractivity contribution in [3.05, 3.63) is 10.6 Å². The van der Waals surface area contributed by atoms with Crippen LogP contribution in [0.25, 0.3) is 0 Å². The van der Waals surface area contributed by atoms with E-state index in [0.29, 0.717) is 23.9 Å². The SMILES string of the molecule is CC(N)=NCC1CC(SC2=C(C(=O)O)N3C(=O)C(C(C)O)C3C2C)CO1. The minimum absolute atomic E-state index is 0.0274. The summed E-state index contributed by atoms with van der Waals surface area (Å²) in [6, 6.07) is -0.279. The number of aliphatic hydroxyl groups excluding tert-OH is 1. The van der Waals surface area contributed by atoms with Gasteiger partial charge < -0.3 is 25.6 Å². The summed E-state index contributed by atoms with van der Waals surface area (Å²) in [7, 11) is 0. The summed E-state index contributed by atoms with van der Waals surface area (Å²) in [5.41, 5.74) is 5.62. The number of amidine groups is 1. The van der Waals surface area contributed by atoms with Crippen LogP contribution in [0.3, 0.4) is 0 Å². The second kappa shape index (κ2) is 7.21. The normalized spacial score (nSPS) is 35.5. The van der Waals surface area contributed by atoms with Crippen LogP contribution in [0.15, 0.2) is 15.6 Å². The number of aliphatic carboxylic acids is 1. The molecule has 0 aliphatic carbocycles. The highest BCUT2D eigenvalue weighted by molar-refractivity contribution is 8.03. The molecule has 0 aromatic rings. The number of rotatable bonds is 6. The Morgan fingerprint density at radius 3 is 2.81 bits per heavy atom. The van der Waals surface area contributed by atoms with E-state index >= 15 is 0 Å². The molecule has 2 saturated heterocycles. The summed E-state index contributed by atoms with van der Waals surface area (Å²) < 4.78 is 5.73. The Hall–Kier alpha value is -1.58. The van der Waals surface area contributed by atoms with Gasteiger partial charge in [0, 0.05) is 16.1 Å².